The van der Waals surface area contributed by atoms with E-state index in [4.69, 9.17) is 0 Å². The van der Waals surface area contributed by atoms with Gasteiger partial charge < -0.3 is 9.88 Å². The maximum absolute atomic E-state index is 10.9. The van der Waals surface area contributed by atoms with Crippen LogP contribution < -0.4 is 5.32 Å². The highest BCUT2D eigenvalue weighted by Crippen LogP contribution is 2.10. The van der Waals surface area contributed by atoms with Gasteiger partial charge in [0, 0.05) is 44.2 Å². The van der Waals surface area contributed by atoms with Crippen molar-refractivity contribution in [2.45, 2.75) is 26.3 Å². The normalized spacial score (nSPS) is 12.2. The van der Waals surface area contributed by atoms with Crippen LogP contribution in [-0.2, 0) is 16.4 Å². The number of sulfone groups is 1. The van der Waals surface area contributed by atoms with Crippen LogP contribution in [0.4, 0.5) is 0 Å². The van der Waals surface area contributed by atoms with Crippen LogP contribution in [0.3, 0.4) is 0 Å². The summed E-state index contributed by atoms with van der Waals surface area (Å²) in [5.41, 5.74) is 0. The average Bonchev–Trinajstić information content (AvgIpc) is 2.63. The van der Waals surface area contributed by atoms with E-state index in [1.165, 1.54) is 6.26 Å². The third kappa shape index (κ3) is 5.32. The predicted molar refractivity (Wildman–Crippen MR) is 68.9 cm³/mol. The second kappa shape index (κ2) is 6.16. The number of hydrogen-bond acceptors (Lipinski definition) is 4. The van der Waals surface area contributed by atoms with Crippen LogP contribution in [-0.4, -0.2) is 43.1 Å². The number of hydrogen-bond donors (Lipinski definition) is 1. The Bertz CT molecular complexity index is 437. The molecule has 0 aromatic carbocycles. The van der Waals surface area contributed by atoms with Crippen LogP contribution in [0, 0.1) is 0 Å². The molecule has 0 saturated heterocycles. The molecule has 0 spiro atoms. The molecule has 0 bridgehead atoms. The van der Waals surface area contributed by atoms with Gasteiger partial charge in [-0.25, -0.2) is 13.4 Å². The van der Waals surface area contributed by atoms with Crippen molar-refractivity contribution >= 4 is 9.84 Å². The Balaban J connectivity index is 2.29. The van der Waals surface area contributed by atoms with E-state index in [-0.39, 0.29) is 5.75 Å². The minimum absolute atomic E-state index is 0.188. The van der Waals surface area contributed by atoms with Gasteiger partial charge in [0.05, 0.1) is 5.75 Å². The SMILES string of the molecule is CC(C)c1nccn1CCNCCS(C)(=O)=O. The topological polar surface area (TPSA) is 64.0 Å². The first-order valence-corrected chi connectivity index (χ1v) is 7.85. The predicted octanol–water partition coefficient (Wildman–Crippen LogP) is 0.641. The van der Waals surface area contributed by atoms with Crippen LogP contribution in [0.5, 0.6) is 0 Å². The Morgan fingerprint density at radius 2 is 2.12 bits per heavy atom. The standard InChI is InChI=1S/C11H21N3O2S/c1-10(2)11-13-5-8-14(11)7-4-12-6-9-17(3,15)16/h5,8,10,12H,4,6-7,9H2,1-3H3. The van der Waals surface area contributed by atoms with Crippen LogP contribution in [0.15, 0.2) is 12.4 Å². The van der Waals surface area contributed by atoms with E-state index in [9.17, 15) is 8.42 Å². The molecule has 98 valence electrons. The first kappa shape index (κ1) is 14.2. The molecule has 0 amide bonds. The molecule has 1 N–H and O–H groups in total. The van der Waals surface area contributed by atoms with Gasteiger partial charge in [-0.1, -0.05) is 13.8 Å². The molecule has 0 aliphatic carbocycles. The minimum atomic E-state index is -2.86. The lowest BCUT2D eigenvalue weighted by Crippen LogP contribution is -2.26. The summed E-state index contributed by atoms with van der Waals surface area (Å²) in [6, 6.07) is 0. The highest BCUT2D eigenvalue weighted by atomic mass is 32.2. The molecular formula is C11H21N3O2S. The Hall–Kier alpha value is -0.880. The van der Waals surface area contributed by atoms with Gasteiger partial charge in [0.2, 0.25) is 0 Å². The highest BCUT2D eigenvalue weighted by Gasteiger charge is 2.06. The molecule has 1 aromatic rings. The molecule has 1 rings (SSSR count). The quantitative estimate of drug-likeness (QED) is 0.730. The minimum Gasteiger partial charge on any atom is -0.333 e. The summed E-state index contributed by atoms with van der Waals surface area (Å²) in [6.45, 7) is 6.29. The van der Waals surface area contributed by atoms with Gasteiger partial charge in [0.1, 0.15) is 15.7 Å². The van der Waals surface area contributed by atoms with Crippen LogP contribution in [0.25, 0.3) is 0 Å². The van der Waals surface area contributed by atoms with E-state index in [0.29, 0.717) is 12.5 Å². The molecule has 1 heterocycles. The van der Waals surface area contributed by atoms with Crippen LogP contribution >= 0.6 is 0 Å². The average molecular weight is 259 g/mol. The van der Waals surface area contributed by atoms with Crippen molar-refractivity contribution in [1.82, 2.24) is 14.9 Å². The summed E-state index contributed by atoms with van der Waals surface area (Å²) < 4.78 is 23.9. The molecule has 0 radical (unpaired) electrons. The molecule has 5 nitrogen and oxygen atoms in total. The smallest absolute Gasteiger partial charge is 0.148 e. The van der Waals surface area contributed by atoms with Crippen LogP contribution in [0.1, 0.15) is 25.6 Å². The summed E-state index contributed by atoms with van der Waals surface area (Å²) in [6.07, 6.45) is 5.00. The van der Waals surface area contributed by atoms with Gasteiger partial charge in [0.15, 0.2) is 0 Å². The zero-order valence-electron chi connectivity index (χ0n) is 10.7. The second-order valence-corrected chi connectivity index (χ2v) is 6.77. The lowest BCUT2D eigenvalue weighted by molar-refractivity contribution is 0.568. The molecule has 17 heavy (non-hydrogen) atoms. The van der Waals surface area contributed by atoms with Gasteiger partial charge in [-0.2, -0.15) is 0 Å². The summed E-state index contributed by atoms with van der Waals surface area (Å²) >= 11 is 0. The summed E-state index contributed by atoms with van der Waals surface area (Å²) in [5.74, 6) is 1.66. The van der Waals surface area contributed by atoms with E-state index in [1.54, 1.807) is 6.20 Å². The van der Waals surface area contributed by atoms with Gasteiger partial charge >= 0.3 is 0 Å². The Labute approximate surface area is 103 Å². The number of imidazole rings is 1. The maximum atomic E-state index is 10.9. The first-order valence-electron chi connectivity index (χ1n) is 5.79. The maximum Gasteiger partial charge on any atom is 0.148 e. The Morgan fingerprint density at radius 3 is 2.71 bits per heavy atom. The van der Waals surface area contributed by atoms with E-state index in [1.807, 2.05) is 6.20 Å². The molecule has 0 saturated carbocycles. The van der Waals surface area contributed by atoms with E-state index < -0.39 is 9.84 Å². The number of nitrogens with one attached hydrogen (secondary N) is 1. The molecule has 1 aromatic heterocycles. The van der Waals surface area contributed by atoms with E-state index >= 15 is 0 Å². The number of aromatic nitrogens is 2. The molecule has 0 unspecified atom stereocenters. The second-order valence-electron chi connectivity index (χ2n) is 4.51. The summed E-state index contributed by atoms with van der Waals surface area (Å²) in [4.78, 5) is 4.29. The summed E-state index contributed by atoms with van der Waals surface area (Å²) in [5, 5.41) is 3.12. The Kier molecular flexibility index (Phi) is 5.14. The van der Waals surface area contributed by atoms with Gasteiger partial charge in [-0.3, -0.25) is 0 Å². The van der Waals surface area contributed by atoms with Crippen molar-refractivity contribution in [3.05, 3.63) is 18.2 Å². The fourth-order valence-corrected chi connectivity index (χ4v) is 2.11. The molecular weight excluding hydrogens is 238 g/mol. The fourth-order valence-electron chi connectivity index (χ4n) is 1.59. The van der Waals surface area contributed by atoms with E-state index in [0.717, 1.165) is 18.9 Å². The molecule has 0 atom stereocenters. The van der Waals surface area contributed by atoms with Crippen LogP contribution in [0.2, 0.25) is 0 Å². The molecule has 0 fully saturated rings. The van der Waals surface area contributed by atoms with Crippen molar-refractivity contribution in [3.63, 3.8) is 0 Å². The zero-order chi connectivity index (χ0) is 12.9. The lowest BCUT2D eigenvalue weighted by Gasteiger charge is -2.10. The lowest BCUT2D eigenvalue weighted by atomic mass is 10.2. The van der Waals surface area contributed by atoms with Crippen molar-refractivity contribution in [3.8, 4) is 0 Å². The third-order valence-electron chi connectivity index (χ3n) is 2.44. The number of rotatable bonds is 7. The van der Waals surface area contributed by atoms with Crippen molar-refractivity contribution in [2.75, 3.05) is 25.1 Å². The largest absolute Gasteiger partial charge is 0.333 e. The fraction of sp³-hybridized carbons (Fsp3) is 0.727. The molecule has 0 aliphatic heterocycles. The van der Waals surface area contributed by atoms with Crippen molar-refractivity contribution < 1.29 is 8.42 Å². The van der Waals surface area contributed by atoms with E-state index in [2.05, 4.69) is 28.7 Å². The zero-order valence-corrected chi connectivity index (χ0v) is 11.5. The Morgan fingerprint density at radius 1 is 1.41 bits per heavy atom. The highest BCUT2D eigenvalue weighted by molar-refractivity contribution is 7.90. The van der Waals surface area contributed by atoms with Gasteiger partial charge in [-0.05, 0) is 0 Å². The monoisotopic (exact) mass is 259 g/mol. The third-order valence-corrected chi connectivity index (χ3v) is 3.39. The summed E-state index contributed by atoms with van der Waals surface area (Å²) in [7, 11) is -2.86. The molecule has 0 aliphatic rings. The molecule has 6 heteroatoms. The first-order chi connectivity index (χ1) is 7.90. The number of nitrogens with zero attached hydrogens (tertiary/aromatic N) is 2. The van der Waals surface area contributed by atoms with Crippen molar-refractivity contribution in [1.29, 1.82) is 0 Å². The van der Waals surface area contributed by atoms with Gasteiger partial charge in [0.25, 0.3) is 0 Å². The van der Waals surface area contributed by atoms with Gasteiger partial charge in [-0.15, -0.1) is 0 Å². The van der Waals surface area contributed by atoms with Crippen molar-refractivity contribution in [2.24, 2.45) is 0 Å².